The third-order valence-corrected chi connectivity index (χ3v) is 2.30. The van der Waals surface area contributed by atoms with E-state index >= 15 is 0 Å². The highest BCUT2D eigenvalue weighted by atomic mass is 19.1. The van der Waals surface area contributed by atoms with Crippen molar-refractivity contribution in [3.63, 3.8) is 0 Å². The summed E-state index contributed by atoms with van der Waals surface area (Å²) in [4.78, 5) is 21.0. The summed E-state index contributed by atoms with van der Waals surface area (Å²) in [6.07, 6.45) is 0. The molecule has 4 nitrogen and oxygen atoms in total. The Hall–Kier alpha value is -2.69. The number of carbonyl (C=O) groups is 2. The molecule has 2 aromatic rings. The Labute approximate surface area is 115 Å². The average molecular weight is 276 g/mol. The van der Waals surface area contributed by atoms with Gasteiger partial charge in [-0.05, 0) is 24.3 Å². The van der Waals surface area contributed by atoms with E-state index in [4.69, 9.17) is 5.11 Å². The smallest absolute Gasteiger partial charge is 0.338 e. The lowest BCUT2D eigenvalue weighted by Crippen LogP contribution is -1.99. The molecule has 0 unspecified atom stereocenters. The van der Waals surface area contributed by atoms with E-state index in [-0.39, 0.29) is 11.5 Å². The van der Waals surface area contributed by atoms with Crippen LogP contribution >= 0.6 is 0 Å². The van der Waals surface area contributed by atoms with Gasteiger partial charge in [-0.2, -0.15) is 0 Å². The first-order valence-electron chi connectivity index (χ1n) is 5.67. The number of halogens is 1. The van der Waals surface area contributed by atoms with Crippen LogP contribution in [0.1, 0.15) is 20.7 Å². The van der Waals surface area contributed by atoms with Crippen molar-refractivity contribution in [3.8, 4) is 0 Å². The topological polar surface area (TPSA) is 63.6 Å². The molecule has 0 saturated heterocycles. The Morgan fingerprint density at radius 1 is 1.00 bits per heavy atom. The Morgan fingerprint density at radius 2 is 1.55 bits per heavy atom. The molecule has 104 valence electrons. The number of esters is 1. The second-order valence-electron chi connectivity index (χ2n) is 3.64. The zero-order valence-corrected chi connectivity index (χ0v) is 10.7. The number of carboxylic acid groups (broad SMARTS) is 1. The van der Waals surface area contributed by atoms with Gasteiger partial charge in [0.2, 0.25) is 0 Å². The van der Waals surface area contributed by atoms with Crippen LogP contribution in [-0.2, 0) is 4.74 Å². The van der Waals surface area contributed by atoms with E-state index in [0.717, 1.165) is 6.07 Å². The zero-order chi connectivity index (χ0) is 15.0. The molecule has 2 aromatic carbocycles. The van der Waals surface area contributed by atoms with E-state index < -0.39 is 11.8 Å². The lowest BCUT2D eigenvalue weighted by molar-refractivity contribution is 0.0599. The van der Waals surface area contributed by atoms with Gasteiger partial charge in [0.1, 0.15) is 5.82 Å². The maximum atomic E-state index is 12.5. The van der Waals surface area contributed by atoms with Gasteiger partial charge in [-0.1, -0.05) is 30.3 Å². The number of aromatic carboxylic acids is 1. The van der Waals surface area contributed by atoms with Crippen LogP contribution in [0.3, 0.4) is 0 Å². The highest BCUT2D eigenvalue weighted by Gasteiger charge is 2.06. The fraction of sp³-hybridized carbons (Fsp3) is 0.0667. The number of hydrogen-bond acceptors (Lipinski definition) is 3. The van der Waals surface area contributed by atoms with Crippen molar-refractivity contribution in [2.24, 2.45) is 0 Å². The molecular weight excluding hydrogens is 263 g/mol. The van der Waals surface area contributed by atoms with Crippen molar-refractivity contribution < 1.29 is 23.8 Å². The van der Waals surface area contributed by atoms with Crippen LogP contribution in [0.15, 0.2) is 54.6 Å². The van der Waals surface area contributed by atoms with Crippen molar-refractivity contribution in [2.75, 3.05) is 7.11 Å². The zero-order valence-electron chi connectivity index (χ0n) is 10.7. The summed E-state index contributed by atoms with van der Waals surface area (Å²) in [6, 6.07) is 14.1. The van der Waals surface area contributed by atoms with Crippen molar-refractivity contribution in [3.05, 3.63) is 71.5 Å². The molecule has 0 saturated carbocycles. The number of benzene rings is 2. The van der Waals surface area contributed by atoms with Crippen molar-refractivity contribution in [1.82, 2.24) is 0 Å². The maximum Gasteiger partial charge on any atom is 0.338 e. The summed E-state index contributed by atoms with van der Waals surface area (Å²) in [5.41, 5.74) is 0.299. The highest BCUT2D eigenvalue weighted by Crippen LogP contribution is 2.04. The number of hydrogen-bond donors (Lipinski definition) is 1. The van der Waals surface area contributed by atoms with Crippen molar-refractivity contribution in [2.45, 2.75) is 0 Å². The fourth-order valence-electron chi connectivity index (χ4n) is 1.33. The molecule has 0 aliphatic rings. The average Bonchev–Trinajstić information content (AvgIpc) is 2.48. The molecule has 2 rings (SSSR count). The molecule has 1 N–H and O–H groups in total. The normalized spacial score (nSPS) is 9.10. The van der Waals surface area contributed by atoms with E-state index in [9.17, 15) is 14.0 Å². The quantitative estimate of drug-likeness (QED) is 0.856. The molecule has 0 bridgehead atoms. The third-order valence-electron chi connectivity index (χ3n) is 2.30. The van der Waals surface area contributed by atoms with Gasteiger partial charge in [-0.3, -0.25) is 0 Å². The molecule has 0 aromatic heterocycles. The van der Waals surface area contributed by atoms with E-state index in [1.165, 1.54) is 25.3 Å². The van der Waals surface area contributed by atoms with E-state index in [0.29, 0.717) is 5.56 Å². The number of rotatable bonds is 2. The van der Waals surface area contributed by atoms with Crippen LogP contribution in [-0.4, -0.2) is 24.2 Å². The fourth-order valence-corrected chi connectivity index (χ4v) is 1.33. The SMILES string of the molecule is COC(=O)c1ccccc1.O=C(O)c1ccccc1F. The minimum absolute atomic E-state index is 0.289. The largest absolute Gasteiger partial charge is 0.478 e. The summed E-state index contributed by atoms with van der Waals surface area (Å²) in [6.45, 7) is 0. The molecule has 0 atom stereocenters. The van der Waals surface area contributed by atoms with Gasteiger partial charge < -0.3 is 9.84 Å². The van der Waals surface area contributed by atoms with Gasteiger partial charge in [0, 0.05) is 0 Å². The molecule has 0 amide bonds. The molecular formula is C15H13FO4. The lowest BCUT2D eigenvalue weighted by Gasteiger charge is -1.95. The predicted molar refractivity (Wildman–Crippen MR) is 71.1 cm³/mol. The Kier molecular flexibility index (Phi) is 5.90. The van der Waals surface area contributed by atoms with E-state index in [1.807, 2.05) is 6.07 Å². The molecule has 0 aliphatic heterocycles. The van der Waals surface area contributed by atoms with E-state index in [1.54, 1.807) is 24.3 Å². The minimum atomic E-state index is -1.24. The number of ether oxygens (including phenoxy) is 1. The second-order valence-corrected chi connectivity index (χ2v) is 3.64. The second kappa shape index (κ2) is 7.68. The van der Waals surface area contributed by atoms with Gasteiger partial charge in [-0.25, -0.2) is 14.0 Å². The van der Waals surface area contributed by atoms with Crippen LogP contribution in [0.2, 0.25) is 0 Å². The van der Waals surface area contributed by atoms with E-state index in [2.05, 4.69) is 4.74 Å². The molecule has 5 heteroatoms. The highest BCUT2D eigenvalue weighted by molar-refractivity contribution is 5.89. The maximum absolute atomic E-state index is 12.5. The number of carbonyl (C=O) groups excluding carboxylic acids is 1. The Balaban J connectivity index is 0.000000200. The predicted octanol–water partition coefficient (Wildman–Crippen LogP) is 3.00. The summed E-state index contributed by atoms with van der Waals surface area (Å²) >= 11 is 0. The molecule has 0 radical (unpaired) electrons. The first-order valence-corrected chi connectivity index (χ1v) is 5.67. The summed E-state index contributed by atoms with van der Waals surface area (Å²) in [7, 11) is 1.37. The van der Waals surface area contributed by atoms with Crippen LogP contribution < -0.4 is 0 Å². The van der Waals surface area contributed by atoms with Crippen molar-refractivity contribution >= 4 is 11.9 Å². The summed E-state index contributed by atoms with van der Waals surface area (Å²) in [5.74, 6) is -2.23. The van der Waals surface area contributed by atoms with Crippen LogP contribution in [0, 0.1) is 5.82 Å². The molecule has 0 heterocycles. The van der Waals surface area contributed by atoms with Crippen LogP contribution in [0.4, 0.5) is 4.39 Å². The Bertz CT molecular complexity index is 581. The van der Waals surface area contributed by atoms with Crippen LogP contribution in [0.25, 0.3) is 0 Å². The van der Waals surface area contributed by atoms with Gasteiger partial charge in [0.15, 0.2) is 0 Å². The molecule has 0 aliphatic carbocycles. The summed E-state index contributed by atoms with van der Waals surface area (Å²) < 4.78 is 17.0. The molecule has 20 heavy (non-hydrogen) atoms. The molecule has 0 spiro atoms. The van der Waals surface area contributed by atoms with Gasteiger partial charge in [-0.15, -0.1) is 0 Å². The van der Waals surface area contributed by atoms with Gasteiger partial charge in [0.05, 0.1) is 18.2 Å². The van der Waals surface area contributed by atoms with Gasteiger partial charge >= 0.3 is 11.9 Å². The lowest BCUT2D eigenvalue weighted by atomic mass is 10.2. The number of methoxy groups -OCH3 is 1. The molecule has 0 fully saturated rings. The summed E-state index contributed by atoms with van der Waals surface area (Å²) in [5, 5.41) is 8.33. The Morgan fingerprint density at radius 3 is 2.00 bits per heavy atom. The first kappa shape index (κ1) is 15.4. The standard InChI is InChI=1S/C8H8O2.C7H5FO2/c1-10-8(9)7-5-3-2-4-6-7;8-6-4-2-1-3-5(6)7(9)10/h2-6H,1H3;1-4H,(H,9,10). The van der Waals surface area contributed by atoms with Crippen molar-refractivity contribution in [1.29, 1.82) is 0 Å². The van der Waals surface area contributed by atoms with Gasteiger partial charge in [0.25, 0.3) is 0 Å². The van der Waals surface area contributed by atoms with Crippen LogP contribution in [0.5, 0.6) is 0 Å². The number of carboxylic acids is 1. The third kappa shape index (κ3) is 4.53. The first-order chi connectivity index (χ1) is 9.56. The monoisotopic (exact) mass is 276 g/mol. The minimum Gasteiger partial charge on any atom is -0.478 e.